The number of amides is 6. The van der Waals surface area contributed by atoms with Gasteiger partial charge in [-0.3, -0.25) is 28.8 Å². The summed E-state index contributed by atoms with van der Waals surface area (Å²) in [6.07, 6.45) is 0. The number of carbonyl (C=O) groups is 8. The highest BCUT2D eigenvalue weighted by Gasteiger charge is 2.24. The van der Waals surface area contributed by atoms with E-state index < -0.39 is 59.5 Å². The lowest BCUT2D eigenvalue weighted by Crippen LogP contribution is -2.39. The Morgan fingerprint density at radius 3 is 1.00 bits per heavy atom. The molecule has 0 radical (unpaired) electrons. The molecule has 5 aromatic rings. The van der Waals surface area contributed by atoms with Crippen LogP contribution in [0.5, 0.6) is 0 Å². The SMILES string of the molecule is COC(=O)[C@H](C)NC(=O)c1ccccc1NC(=O)c1ccccc1NC(=O)c1cccc(C(=O)Nc2ccccc2C(=O)Nc2ccccc2C(=O)N[C@@H](C)C(=O)OC)n1. The number of aromatic nitrogens is 1. The molecule has 6 N–H and O–H groups in total. The molecule has 306 valence electrons. The molecule has 6 amide bonds. The summed E-state index contributed by atoms with van der Waals surface area (Å²) in [5.41, 5.74) is 0.314. The first kappa shape index (κ1) is 42.9. The lowest BCUT2D eigenvalue weighted by atomic mass is 10.1. The Bertz CT molecular complexity index is 2320. The number of nitrogens with one attached hydrogen (secondary N) is 6. The van der Waals surface area contributed by atoms with Crippen molar-refractivity contribution < 1.29 is 47.8 Å². The normalized spacial score (nSPS) is 11.4. The number of pyridine rings is 1. The van der Waals surface area contributed by atoms with Crippen LogP contribution in [-0.4, -0.2) is 78.7 Å². The largest absolute Gasteiger partial charge is 0.467 e. The van der Waals surface area contributed by atoms with Crippen LogP contribution in [0.2, 0.25) is 0 Å². The quantitative estimate of drug-likeness (QED) is 0.0842. The number of methoxy groups -OCH3 is 2. The zero-order valence-electron chi connectivity index (χ0n) is 32.7. The summed E-state index contributed by atoms with van der Waals surface area (Å²) in [6, 6.07) is 26.8. The van der Waals surface area contributed by atoms with Gasteiger partial charge in [0.2, 0.25) is 0 Å². The van der Waals surface area contributed by atoms with E-state index >= 15 is 0 Å². The molecular formula is C43H39N7O10. The third-order valence-corrected chi connectivity index (χ3v) is 8.70. The van der Waals surface area contributed by atoms with Gasteiger partial charge in [0, 0.05) is 0 Å². The third-order valence-electron chi connectivity index (χ3n) is 8.70. The van der Waals surface area contributed by atoms with E-state index in [4.69, 9.17) is 0 Å². The number of carbonyl (C=O) groups excluding carboxylic acids is 8. The highest BCUT2D eigenvalue weighted by atomic mass is 16.5. The Morgan fingerprint density at radius 2 is 0.683 bits per heavy atom. The molecule has 0 aliphatic heterocycles. The Labute approximate surface area is 343 Å². The summed E-state index contributed by atoms with van der Waals surface area (Å²) in [4.78, 5) is 108. The van der Waals surface area contributed by atoms with E-state index in [0.717, 1.165) is 0 Å². The van der Waals surface area contributed by atoms with Gasteiger partial charge in [-0.25, -0.2) is 14.6 Å². The van der Waals surface area contributed by atoms with Crippen molar-refractivity contribution in [2.24, 2.45) is 0 Å². The zero-order valence-corrected chi connectivity index (χ0v) is 32.7. The smallest absolute Gasteiger partial charge is 0.328 e. The summed E-state index contributed by atoms with van der Waals surface area (Å²) >= 11 is 0. The number of hydrogen-bond donors (Lipinski definition) is 6. The number of anilines is 4. The molecule has 0 spiro atoms. The number of para-hydroxylation sites is 4. The number of rotatable bonds is 14. The van der Waals surface area contributed by atoms with E-state index in [2.05, 4.69) is 46.4 Å². The summed E-state index contributed by atoms with van der Waals surface area (Å²) in [5.74, 6) is -5.44. The maximum Gasteiger partial charge on any atom is 0.328 e. The number of nitrogens with zero attached hydrogens (tertiary/aromatic N) is 1. The van der Waals surface area contributed by atoms with Gasteiger partial charge in [-0.1, -0.05) is 54.6 Å². The van der Waals surface area contributed by atoms with Gasteiger partial charge < -0.3 is 41.4 Å². The summed E-state index contributed by atoms with van der Waals surface area (Å²) in [6.45, 7) is 2.90. The van der Waals surface area contributed by atoms with Gasteiger partial charge in [0.05, 0.1) is 59.2 Å². The zero-order chi connectivity index (χ0) is 43.3. The first-order valence-electron chi connectivity index (χ1n) is 18.2. The maximum atomic E-state index is 13.5. The lowest BCUT2D eigenvalue weighted by Gasteiger charge is -2.16. The van der Waals surface area contributed by atoms with Crippen LogP contribution in [0, 0.1) is 0 Å². The highest BCUT2D eigenvalue weighted by molar-refractivity contribution is 6.16. The minimum atomic E-state index is -0.953. The van der Waals surface area contributed by atoms with Crippen LogP contribution < -0.4 is 31.9 Å². The predicted molar refractivity (Wildman–Crippen MR) is 220 cm³/mol. The van der Waals surface area contributed by atoms with Crippen LogP contribution in [-0.2, 0) is 19.1 Å². The maximum absolute atomic E-state index is 13.5. The number of benzene rings is 4. The number of esters is 2. The Hall–Kier alpha value is -8.21. The second-order valence-electron chi connectivity index (χ2n) is 12.8. The van der Waals surface area contributed by atoms with Crippen LogP contribution in [0.1, 0.15) is 76.3 Å². The first-order chi connectivity index (χ1) is 28.8. The van der Waals surface area contributed by atoms with Gasteiger partial charge in [-0.05, 0) is 74.5 Å². The molecule has 17 nitrogen and oxygen atoms in total. The molecule has 0 bridgehead atoms. The topological polar surface area (TPSA) is 240 Å². The Morgan fingerprint density at radius 1 is 0.400 bits per heavy atom. The molecule has 2 atom stereocenters. The van der Waals surface area contributed by atoms with Gasteiger partial charge in [0.1, 0.15) is 23.5 Å². The van der Waals surface area contributed by atoms with Crippen LogP contribution in [0.25, 0.3) is 0 Å². The van der Waals surface area contributed by atoms with E-state index in [1.807, 2.05) is 0 Å². The van der Waals surface area contributed by atoms with E-state index in [0.29, 0.717) is 0 Å². The minimum Gasteiger partial charge on any atom is -0.467 e. The van der Waals surface area contributed by atoms with E-state index in [1.165, 1.54) is 94.8 Å². The van der Waals surface area contributed by atoms with Crippen LogP contribution in [0.15, 0.2) is 115 Å². The van der Waals surface area contributed by atoms with E-state index in [1.54, 1.807) is 48.5 Å². The van der Waals surface area contributed by atoms with Gasteiger partial charge in [-0.2, -0.15) is 0 Å². The molecule has 17 heteroatoms. The van der Waals surface area contributed by atoms with Gasteiger partial charge >= 0.3 is 11.9 Å². The standard InChI is InChI=1S/C43H39N7O10/c1-24(42(57)59-3)44-36(51)26-14-5-9-18-30(26)47-38(53)28-16-7-11-20-32(28)49-40(55)34-22-13-23-35(46-34)41(56)50-33-21-12-8-17-29(33)39(54)48-31-19-10-6-15-27(31)37(52)45-25(2)43(58)60-4/h5-25H,1-4H3,(H,44,51)(H,45,52)(H,47,53)(H,48,54)(H,49,55)(H,50,56)/t24-,25-/m0/s1. The summed E-state index contributed by atoms with van der Waals surface area (Å²) in [7, 11) is 2.38. The fourth-order valence-electron chi connectivity index (χ4n) is 5.62. The predicted octanol–water partition coefficient (Wildman–Crippen LogP) is 4.67. The Kier molecular flexibility index (Phi) is 14.1. The van der Waals surface area contributed by atoms with Gasteiger partial charge in [0.25, 0.3) is 35.4 Å². The number of ether oxygens (including phenoxy) is 2. The van der Waals surface area contributed by atoms with Crippen molar-refractivity contribution >= 4 is 70.1 Å². The molecule has 0 aliphatic carbocycles. The highest BCUT2D eigenvalue weighted by Crippen LogP contribution is 2.23. The third kappa shape index (κ3) is 10.6. The summed E-state index contributed by atoms with van der Waals surface area (Å²) < 4.78 is 9.32. The molecule has 1 heterocycles. The van der Waals surface area contributed by atoms with Crippen molar-refractivity contribution in [2.45, 2.75) is 25.9 Å². The molecule has 60 heavy (non-hydrogen) atoms. The lowest BCUT2D eigenvalue weighted by molar-refractivity contribution is -0.143. The van der Waals surface area contributed by atoms with Crippen molar-refractivity contribution in [1.29, 1.82) is 0 Å². The average Bonchev–Trinajstić information content (AvgIpc) is 3.26. The first-order valence-corrected chi connectivity index (χ1v) is 18.2. The van der Waals surface area contributed by atoms with E-state index in [9.17, 15) is 38.4 Å². The molecule has 0 saturated carbocycles. The van der Waals surface area contributed by atoms with Crippen molar-refractivity contribution in [2.75, 3.05) is 35.5 Å². The summed E-state index contributed by atoms with van der Waals surface area (Å²) in [5, 5.41) is 15.7. The molecule has 0 saturated heterocycles. The van der Waals surface area contributed by atoms with Crippen molar-refractivity contribution in [3.05, 3.63) is 149 Å². The van der Waals surface area contributed by atoms with Crippen molar-refractivity contribution in [1.82, 2.24) is 15.6 Å². The fraction of sp³-hybridized carbons (Fsp3) is 0.140. The molecular weight excluding hydrogens is 775 g/mol. The van der Waals surface area contributed by atoms with Gasteiger partial charge in [0.15, 0.2) is 0 Å². The second-order valence-corrected chi connectivity index (χ2v) is 12.8. The molecule has 0 fully saturated rings. The van der Waals surface area contributed by atoms with Crippen LogP contribution in [0.3, 0.4) is 0 Å². The van der Waals surface area contributed by atoms with Crippen LogP contribution in [0.4, 0.5) is 22.7 Å². The average molecular weight is 814 g/mol. The van der Waals surface area contributed by atoms with E-state index in [-0.39, 0.29) is 56.4 Å². The second kappa shape index (κ2) is 19.8. The molecule has 1 aromatic heterocycles. The molecule has 5 rings (SSSR count). The van der Waals surface area contributed by atoms with Crippen molar-refractivity contribution in [3.8, 4) is 0 Å². The van der Waals surface area contributed by atoms with Crippen molar-refractivity contribution in [3.63, 3.8) is 0 Å². The molecule has 0 unspecified atom stereocenters. The minimum absolute atomic E-state index is 0.0341. The van der Waals surface area contributed by atoms with Gasteiger partial charge in [-0.15, -0.1) is 0 Å². The Balaban J connectivity index is 1.28. The number of hydrogen-bond acceptors (Lipinski definition) is 11. The fourth-order valence-corrected chi connectivity index (χ4v) is 5.62. The molecule has 0 aliphatic rings. The monoisotopic (exact) mass is 813 g/mol. The van der Waals surface area contributed by atoms with Crippen LogP contribution >= 0.6 is 0 Å². The molecule has 4 aromatic carbocycles.